The minimum atomic E-state index is -0.938. The van der Waals surface area contributed by atoms with E-state index in [4.69, 9.17) is 9.47 Å². The highest BCUT2D eigenvalue weighted by atomic mass is 19.2. The molecule has 2 aliphatic rings. The maximum Gasteiger partial charge on any atom is 0.204 e. The van der Waals surface area contributed by atoms with Crippen molar-refractivity contribution >= 4 is 0 Å². The van der Waals surface area contributed by atoms with Crippen molar-refractivity contribution in [2.75, 3.05) is 13.2 Å². The monoisotopic (exact) mass is 450 g/mol. The Labute approximate surface area is 194 Å². The first-order valence-corrected chi connectivity index (χ1v) is 13.2. The van der Waals surface area contributed by atoms with Gasteiger partial charge in [-0.2, -0.15) is 8.78 Å². The number of hydrogen-bond donors (Lipinski definition) is 0. The highest BCUT2D eigenvalue weighted by molar-refractivity contribution is 5.35. The number of unbranched alkanes of at least 4 members (excludes halogenated alkanes) is 1. The van der Waals surface area contributed by atoms with Crippen LogP contribution in [0.5, 0.6) is 11.5 Å². The van der Waals surface area contributed by atoms with Crippen LogP contribution in [0.3, 0.4) is 0 Å². The summed E-state index contributed by atoms with van der Waals surface area (Å²) in [5, 5.41) is 0. The van der Waals surface area contributed by atoms with Gasteiger partial charge in [-0.1, -0.05) is 59.3 Å². The van der Waals surface area contributed by atoms with Gasteiger partial charge in [0.2, 0.25) is 11.6 Å². The summed E-state index contributed by atoms with van der Waals surface area (Å²) in [6, 6.07) is 3.00. The lowest BCUT2D eigenvalue weighted by atomic mass is 9.55. The maximum absolute atomic E-state index is 14.5. The second-order valence-corrected chi connectivity index (χ2v) is 10.4. The van der Waals surface area contributed by atoms with E-state index in [0.717, 1.165) is 37.5 Å². The zero-order valence-corrected chi connectivity index (χ0v) is 20.6. The number of benzene rings is 1. The molecule has 2 saturated carbocycles. The number of halogens is 2. The second kappa shape index (κ2) is 12.2. The molecule has 0 heterocycles. The molecule has 4 heteroatoms. The molecule has 1 aromatic rings. The van der Waals surface area contributed by atoms with Crippen LogP contribution < -0.4 is 9.47 Å². The van der Waals surface area contributed by atoms with Crippen molar-refractivity contribution in [1.82, 2.24) is 0 Å². The average Bonchev–Trinajstić information content (AvgIpc) is 2.82. The third-order valence-electron chi connectivity index (χ3n) is 8.39. The molecule has 0 aromatic heterocycles. The van der Waals surface area contributed by atoms with Crippen molar-refractivity contribution in [3.05, 3.63) is 23.8 Å². The predicted molar refractivity (Wildman–Crippen MR) is 127 cm³/mol. The number of ether oxygens (including phenoxy) is 2. The zero-order valence-electron chi connectivity index (χ0n) is 20.6. The Kier molecular flexibility index (Phi) is 9.67. The number of rotatable bonds is 11. The van der Waals surface area contributed by atoms with Gasteiger partial charge in [-0.3, -0.25) is 0 Å². The standard InChI is InChI=1S/C28H44F2O2/c1-4-6-19-31-24-15-16-25(27(30)26(24)29)32-20-22-11-13-23(14-12-22)28(21(3)10-5-2)17-8-7-9-18-28/h15-16,21-23H,4-14,17-20H2,1-3H3/t21?,22-,23-. The lowest BCUT2D eigenvalue weighted by Gasteiger charge is -2.50. The predicted octanol–water partition coefficient (Wildman–Crippen LogP) is 8.72. The Morgan fingerprint density at radius 1 is 0.906 bits per heavy atom. The van der Waals surface area contributed by atoms with Crippen LogP contribution in [0.15, 0.2) is 12.1 Å². The molecular weight excluding hydrogens is 406 g/mol. The summed E-state index contributed by atoms with van der Waals surface area (Å²) in [6.07, 6.45) is 16.1. The van der Waals surface area contributed by atoms with Crippen molar-refractivity contribution in [3.8, 4) is 11.5 Å². The molecule has 0 amide bonds. The molecule has 0 N–H and O–H groups in total. The molecule has 0 aliphatic heterocycles. The molecular formula is C28H44F2O2. The first-order chi connectivity index (χ1) is 15.5. The van der Waals surface area contributed by atoms with Crippen LogP contribution in [-0.2, 0) is 0 Å². The van der Waals surface area contributed by atoms with Gasteiger partial charge < -0.3 is 9.47 Å². The third-order valence-corrected chi connectivity index (χ3v) is 8.39. The molecule has 2 nitrogen and oxygen atoms in total. The highest BCUT2D eigenvalue weighted by Crippen LogP contribution is 2.54. The van der Waals surface area contributed by atoms with Crippen LogP contribution in [0.2, 0.25) is 0 Å². The molecule has 0 radical (unpaired) electrons. The lowest BCUT2D eigenvalue weighted by Crippen LogP contribution is -2.41. The van der Waals surface area contributed by atoms with Crippen molar-refractivity contribution < 1.29 is 18.3 Å². The molecule has 182 valence electrons. The van der Waals surface area contributed by atoms with Gasteiger partial charge in [-0.05, 0) is 80.2 Å². The maximum atomic E-state index is 14.5. The smallest absolute Gasteiger partial charge is 0.204 e. The van der Waals surface area contributed by atoms with Gasteiger partial charge in [-0.25, -0.2) is 0 Å². The summed E-state index contributed by atoms with van der Waals surface area (Å²) in [5.41, 5.74) is 0.531. The van der Waals surface area contributed by atoms with Gasteiger partial charge >= 0.3 is 0 Å². The first kappa shape index (κ1) is 25.3. The summed E-state index contributed by atoms with van der Waals surface area (Å²) in [7, 11) is 0. The summed E-state index contributed by atoms with van der Waals surface area (Å²) >= 11 is 0. The Bertz CT molecular complexity index is 691. The van der Waals surface area contributed by atoms with E-state index in [1.807, 2.05) is 6.92 Å². The normalized spacial score (nSPS) is 24.2. The van der Waals surface area contributed by atoms with E-state index < -0.39 is 11.6 Å². The molecule has 2 aliphatic carbocycles. The minimum absolute atomic E-state index is 0.00721. The van der Waals surface area contributed by atoms with Crippen molar-refractivity contribution in [3.63, 3.8) is 0 Å². The van der Waals surface area contributed by atoms with Gasteiger partial charge in [0.15, 0.2) is 11.5 Å². The molecule has 3 rings (SSSR count). The Morgan fingerprint density at radius 2 is 1.53 bits per heavy atom. The Morgan fingerprint density at radius 3 is 2.12 bits per heavy atom. The quantitative estimate of drug-likeness (QED) is 0.314. The van der Waals surface area contributed by atoms with Crippen LogP contribution in [0.25, 0.3) is 0 Å². The van der Waals surface area contributed by atoms with Crippen LogP contribution in [0.1, 0.15) is 104 Å². The lowest BCUT2D eigenvalue weighted by molar-refractivity contribution is -0.00403. The highest BCUT2D eigenvalue weighted by Gasteiger charge is 2.44. The summed E-state index contributed by atoms with van der Waals surface area (Å²) in [5.74, 6) is 0.163. The second-order valence-electron chi connectivity index (χ2n) is 10.4. The fourth-order valence-corrected chi connectivity index (χ4v) is 6.41. The van der Waals surface area contributed by atoms with E-state index in [9.17, 15) is 8.78 Å². The summed E-state index contributed by atoms with van der Waals surface area (Å²) < 4.78 is 39.9. The van der Waals surface area contributed by atoms with E-state index in [0.29, 0.717) is 24.5 Å². The molecule has 2 fully saturated rings. The van der Waals surface area contributed by atoms with Gasteiger partial charge in [-0.15, -0.1) is 0 Å². The van der Waals surface area contributed by atoms with Crippen molar-refractivity contribution in [2.24, 2.45) is 23.2 Å². The van der Waals surface area contributed by atoms with E-state index in [-0.39, 0.29) is 11.5 Å². The third kappa shape index (κ3) is 5.97. The zero-order chi connectivity index (χ0) is 23.0. The SMILES string of the molecule is CCCCOc1ccc(OC[C@H]2CC[C@H](C3(C(C)CCC)CCCCC3)CC2)c(F)c1F. The molecule has 0 bridgehead atoms. The molecule has 32 heavy (non-hydrogen) atoms. The largest absolute Gasteiger partial charge is 0.490 e. The van der Waals surface area contributed by atoms with Crippen molar-refractivity contribution in [2.45, 2.75) is 104 Å². The molecule has 1 aromatic carbocycles. The average molecular weight is 451 g/mol. The van der Waals surface area contributed by atoms with Gasteiger partial charge in [0, 0.05) is 0 Å². The molecule has 0 saturated heterocycles. The van der Waals surface area contributed by atoms with E-state index >= 15 is 0 Å². The molecule has 1 unspecified atom stereocenters. The number of hydrogen-bond acceptors (Lipinski definition) is 2. The fourth-order valence-electron chi connectivity index (χ4n) is 6.41. The summed E-state index contributed by atoms with van der Waals surface area (Å²) in [6.45, 7) is 7.71. The van der Waals surface area contributed by atoms with Crippen LogP contribution in [0.4, 0.5) is 8.78 Å². The Hall–Kier alpha value is -1.32. The van der Waals surface area contributed by atoms with Crippen LogP contribution in [0, 0.1) is 34.8 Å². The van der Waals surface area contributed by atoms with Gasteiger partial charge in [0.05, 0.1) is 13.2 Å². The van der Waals surface area contributed by atoms with Crippen LogP contribution in [-0.4, -0.2) is 13.2 Å². The van der Waals surface area contributed by atoms with Crippen molar-refractivity contribution in [1.29, 1.82) is 0 Å². The van der Waals surface area contributed by atoms with E-state index in [1.54, 1.807) is 0 Å². The van der Waals surface area contributed by atoms with Gasteiger partial charge in [0.25, 0.3) is 0 Å². The topological polar surface area (TPSA) is 18.5 Å². The fraction of sp³-hybridized carbons (Fsp3) is 0.786. The molecule has 0 spiro atoms. The van der Waals surface area contributed by atoms with Gasteiger partial charge in [0.1, 0.15) is 0 Å². The molecule has 1 atom stereocenters. The summed E-state index contributed by atoms with van der Waals surface area (Å²) in [4.78, 5) is 0. The Balaban J connectivity index is 1.53. The van der Waals surface area contributed by atoms with E-state index in [1.165, 1.54) is 69.9 Å². The van der Waals surface area contributed by atoms with Crippen LogP contribution >= 0.6 is 0 Å². The minimum Gasteiger partial charge on any atom is -0.490 e. The van der Waals surface area contributed by atoms with E-state index in [2.05, 4.69) is 13.8 Å². The first-order valence-electron chi connectivity index (χ1n) is 13.2.